The highest BCUT2D eigenvalue weighted by molar-refractivity contribution is 5.76. The Morgan fingerprint density at radius 2 is 2.13 bits per heavy atom. The standard InChI is InChI=1S/C16H27N5O2/c1-19(2)15(22)8-7-14-5-3-9-20(11-14)16(23)6-4-10-21-13-17-12-18-21/h12-14H,3-11H2,1-2H3/t14-/m0/s1. The van der Waals surface area contributed by atoms with Crippen molar-refractivity contribution >= 4 is 11.8 Å². The lowest BCUT2D eigenvalue weighted by Gasteiger charge is -2.33. The van der Waals surface area contributed by atoms with Crippen LogP contribution in [0.25, 0.3) is 0 Å². The van der Waals surface area contributed by atoms with Gasteiger partial charge >= 0.3 is 0 Å². The third-order valence-corrected chi connectivity index (χ3v) is 4.38. The largest absolute Gasteiger partial charge is 0.349 e. The van der Waals surface area contributed by atoms with Gasteiger partial charge in [-0.15, -0.1) is 0 Å². The number of amides is 2. The molecule has 128 valence electrons. The second-order valence-electron chi connectivity index (χ2n) is 6.44. The van der Waals surface area contributed by atoms with E-state index in [0.29, 0.717) is 18.8 Å². The molecule has 1 saturated heterocycles. The van der Waals surface area contributed by atoms with Crippen molar-refractivity contribution in [1.82, 2.24) is 24.6 Å². The number of likely N-dealkylation sites (tertiary alicyclic amines) is 1. The molecule has 1 aromatic heterocycles. The van der Waals surface area contributed by atoms with Crippen LogP contribution in [0.5, 0.6) is 0 Å². The molecule has 7 heteroatoms. The van der Waals surface area contributed by atoms with Gasteiger partial charge in [-0.05, 0) is 31.6 Å². The Labute approximate surface area is 137 Å². The maximum Gasteiger partial charge on any atom is 0.222 e. The molecule has 0 aromatic carbocycles. The van der Waals surface area contributed by atoms with Gasteiger partial charge in [0.2, 0.25) is 11.8 Å². The molecule has 1 aliphatic rings. The molecular formula is C16H27N5O2. The van der Waals surface area contributed by atoms with Crippen molar-refractivity contribution in [2.24, 2.45) is 5.92 Å². The van der Waals surface area contributed by atoms with Crippen LogP contribution in [0.2, 0.25) is 0 Å². The molecule has 2 amide bonds. The first-order valence-corrected chi connectivity index (χ1v) is 8.36. The highest BCUT2D eigenvalue weighted by Crippen LogP contribution is 2.22. The van der Waals surface area contributed by atoms with Gasteiger partial charge in [-0.25, -0.2) is 4.98 Å². The maximum atomic E-state index is 12.3. The van der Waals surface area contributed by atoms with Gasteiger partial charge < -0.3 is 9.80 Å². The van der Waals surface area contributed by atoms with Crippen molar-refractivity contribution in [2.75, 3.05) is 27.2 Å². The quantitative estimate of drug-likeness (QED) is 0.756. The van der Waals surface area contributed by atoms with Gasteiger partial charge in [0, 0.05) is 46.6 Å². The van der Waals surface area contributed by atoms with Crippen molar-refractivity contribution in [3.05, 3.63) is 12.7 Å². The van der Waals surface area contributed by atoms with Gasteiger partial charge in [0.25, 0.3) is 0 Å². The SMILES string of the molecule is CN(C)C(=O)CC[C@@H]1CCCN(C(=O)CCCn2cncn2)C1. The van der Waals surface area contributed by atoms with Crippen LogP contribution in [-0.4, -0.2) is 63.6 Å². The number of rotatable bonds is 7. The maximum absolute atomic E-state index is 12.3. The predicted molar refractivity (Wildman–Crippen MR) is 86.5 cm³/mol. The zero-order valence-corrected chi connectivity index (χ0v) is 14.1. The highest BCUT2D eigenvalue weighted by Gasteiger charge is 2.23. The number of aromatic nitrogens is 3. The van der Waals surface area contributed by atoms with E-state index in [-0.39, 0.29) is 11.8 Å². The lowest BCUT2D eigenvalue weighted by Crippen LogP contribution is -2.40. The summed E-state index contributed by atoms with van der Waals surface area (Å²) >= 11 is 0. The molecule has 7 nitrogen and oxygen atoms in total. The highest BCUT2D eigenvalue weighted by atomic mass is 16.2. The second kappa shape index (κ2) is 8.64. The zero-order valence-electron chi connectivity index (χ0n) is 14.1. The number of aryl methyl sites for hydroxylation is 1. The molecular weight excluding hydrogens is 294 g/mol. The first-order chi connectivity index (χ1) is 11.1. The van der Waals surface area contributed by atoms with Crippen molar-refractivity contribution in [1.29, 1.82) is 0 Å². The third kappa shape index (κ3) is 5.65. The predicted octanol–water partition coefficient (Wildman–Crippen LogP) is 1.17. The Morgan fingerprint density at radius 3 is 2.83 bits per heavy atom. The number of piperidine rings is 1. The number of hydrogen-bond acceptors (Lipinski definition) is 4. The van der Waals surface area contributed by atoms with Crippen LogP contribution in [0.15, 0.2) is 12.7 Å². The fourth-order valence-electron chi connectivity index (χ4n) is 2.98. The Balaban J connectivity index is 1.69. The molecule has 0 radical (unpaired) electrons. The summed E-state index contributed by atoms with van der Waals surface area (Å²) in [6.45, 7) is 2.36. The van der Waals surface area contributed by atoms with Crippen LogP contribution in [0, 0.1) is 5.92 Å². The van der Waals surface area contributed by atoms with Gasteiger partial charge in [0.1, 0.15) is 12.7 Å². The first-order valence-electron chi connectivity index (χ1n) is 8.36. The first kappa shape index (κ1) is 17.4. The minimum Gasteiger partial charge on any atom is -0.349 e. The molecule has 2 heterocycles. The topological polar surface area (TPSA) is 71.3 Å². The number of hydrogen-bond donors (Lipinski definition) is 0. The summed E-state index contributed by atoms with van der Waals surface area (Å²) in [5, 5.41) is 4.04. The van der Waals surface area contributed by atoms with Crippen LogP contribution in [0.1, 0.15) is 38.5 Å². The molecule has 23 heavy (non-hydrogen) atoms. The van der Waals surface area contributed by atoms with Crippen molar-refractivity contribution < 1.29 is 9.59 Å². The van der Waals surface area contributed by atoms with Crippen molar-refractivity contribution in [3.8, 4) is 0 Å². The van der Waals surface area contributed by atoms with E-state index in [4.69, 9.17) is 0 Å². The zero-order chi connectivity index (χ0) is 16.7. The number of carbonyl (C=O) groups excluding carboxylic acids is 2. The molecule has 0 spiro atoms. The minimum absolute atomic E-state index is 0.168. The minimum atomic E-state index is 0.168. The average Bonchev–Trinajstić information content (AvgIpc) is 3.06. The fourth-order valence-corrected chi connectivity index (χ4v) is 2.98. The van der Waals surface area contributed by atoms with Crippen LogP contribution in [0.3, 0.4) is 0 Å². The molecule has 0 saturated carbocycles. The molecule has 1 atom stereocenters. The van der Waals surface area contributed by atoms with Gasteiger partial charge in [-0.2, -0.15) is 5.10 Å². The summed E-state index contributed by atoms with van der Waals surface area (Å²) < 4.78 is 1.75. The molecule has 2 rings (SSSR count). The fraction of sp³-hybridized carbons (Fsp3) is 0.750. The Kier molecular flexibility index (Phi) is 6.55. The van der Waals surface area contributed by atoms with E-state index >= 15 is 0 Å². The van der Waals surface area contributed by atoms with E-state index in [1.807, 2.05) is 4.90 Å². The van der Waals surface area contributed by atoms with Crippen LogP contribution in [0.4, 0.5) is 0 Å². The molecule has 0 unspecified atom stereocenters. The summed E-state index contributed by atoms with van der Waals surface area (Å²) in [4.78, 5) is 31.5. The normalized spacial score (nSPS) is 18.0. The summed E-state index contributed by atoms with van der Waals surface area (Å²) in [5.41, 5.74) is 0. The van der Waals surface area contributed by atoms with E-state index in [1.54, 1.807) is 30.0 Å². The second-order valence-corrected chi connectivity index (χ2v) is 6.44. The van der Waals surface area contributed by atoms with E-state index < -0.39 is 0 Å². The van der Waals surface area contributed by atoms with E-state index in [9.17, 15) is 9.59 Å². The third-order valence-electron chi connectivity index (χ3n) is 4.38. The molecule has 1 fully saturated rings. The summed E-state index contributed by atoms with van der Waals surface area (Å²) in [5.74, 6) is 0.835. The van der Waals surface area contributed by atoms with Crippen LogP contribution < -0.4 is 0 Å². The lowest BCUT2D eigenvalue weighted by atomic mass is 9.93. The molecule has 0 aliphatic carbocycles. The molecule has 0 N–H and O–H groups in total. The van der Waals surface area contributed by atoms with Crippen LogP contribution >= 0.6 is 0 Å². The Morgan fingerprint density at radius 1 is 1.30 bits per heavy atom. The average molecular weight is 321 g/mol. The van der Waals surface area contributed by atoms with Crippen molar-refractivity contribution in [3.63, 3.8) is 0 Å². The van der Waals surface area contributed by atoms with Crippen LogP contribution in [-0.2, 0) is 16.1 Å². The van der Waals surface area contributed by atoms with Gasteiger partial charge in [-0.1, -0.05) is 0 Å². The molecule has 1 aromatic rings. The smallest absolute Gasteiger partial charge is 0.222 e. The number of nitrogens with zero attached hydrogens (tertiary/aromatic N) is 5. The number of carbonyl (C=O) groups is 2. The summed E-state index contributed by atoms with van der Waals surface area (Å²) in [6, 6.07) is 0. The van der Waals surface area contributed by atoms with Gasteiger partial charge in [-0.3, -0.25) is 14.3 Å². The van der Waals surface area contributed by atoms with Gasteiger partial charge in [0.15, 0.2) is 0 Å². The Bertz CT molecular complexity index is 501. The molecule has 0 bridgehead atoms. The van der Waals surface area contributed by atoms with E-state index in [0.717, 1.165) is 45.3 Å². The van der Waals surface area contributed by atoms with E-state index in [2.05, 4.69) is 10.1 Å². The van der Waals surface area contributed by atoms with Gasteiger partial charge in [0.05, 0.1) is 0 Å². The summed E-state index contributed by atoms with van der Waals surface area (Å²) in [7, 11) is 3.57. The Hall–Kier alpha value is -1.92. The molecule has 1 aliphatic heterocycles. The van der Waals surface area contributed by atoms with Crippen molar-refractivity contribution in [2.45, 2.75) is 45.1 Å². The monoisotopic (exact) mass is 321 g/mol. The van der Waals surface area contributed by atoms with E-state index in [1.165, 1.54) is 6.33 Å². The lowest BCUT2D eigenvalue weighted by molar-refractivity contribution is -0.133. The summed E-state index contributed by atoms with van der Waals surface area (Å²) in [6.07, 6.45) is 8.10.